The number of aryl methyl sites for hydroxylation is 2. The second-order valence-corrected chi connectivity index (χ2v) is 5.91. The van der Waals surface area contributed by atoms with Crippen molar-refractivity contribution in [3.63, 3.8) is 0 Å². The Morgan fingerprint density at radius 2 is 1.86 bits per heavy atom. The van der Waals surface area contributed by atoms with E-state index in [1.54, 1.807) is 0 Å². The summed E-state index contributed by atoms with van der Waals surface area (Å²) in [5.74, 6) is -0.101. The summed E-state index contributed by atoms with van der Waals surface area (Å²) in [6, 6.07) is 11.6. The average Bonchev–Trinajstić information content (AvgIpc) is 2.42. The first-order valence-electron chi connectivity index (χ1n) is 6.93. The summed E-state index contributed by atoms with van der Waals surface area (Å²) < 4.78 is 1.00. The summed E-state index contributed by atoms with van der Waals surface area (Å²) in [7, 11) is 0. The molecule has 4 heteroatoms. The number of rotatable bonds is 4. The Balaban J connectivity index is 2.28. The maximum absolute atomic E-state index is 12.5. The highest BCUT2D eigenvalue weighted by Gasteiger charge is 2.12. The molecule has 0 aliphatic carbocycles. The first kappa shape index (κ1) is 15.6. The summed E-state index contributed by atoms with van der Waals surface area (Å²) in [6.45, 7) is 6.78. The Hall–Kier alpha value is -1.81. The van der Waals surface area contributed by atoms with Crippen molar-refractivity contribution >= 4 is 33.2 Å². The second kappa shape index (κ2) is 6.76. The number of anilines is 2. The lowest BCUT2D eigenvalue weighted by atomic mass is 10.1. The quantitative estimate of drug-likeness (QED) is 0.838. The third kappa shape index (κ3) is 3.85. The molecule has 0 unspecified atom stereocenters. The van der Waals surface area contributed by atoms with Crippen molar-refractivity contribution in [2.75, 3.05) is 17.2 Å². The lowest BCUT2D eigenvalue weighted by Gasteiger charge is -2.13. The van der Waals surface area contributed by atoms with E-state index >= 15 is 0 Å². The van der Waals surface area contributed by atoms with Gasteiger partial charge in [0, 0.05) is 22.4 Å². The van der Waals surface area contributed by atoms with E-state index < -0.39 is 0 Å². The van der Waals surface area contributed by atoms with E-state index in [4.69, 9.17) is 0 Å². The minimum atomic E-state index is -0.101. The van der Waals surface area contributed by atoms with Crippen LogP contribution in [0.5, 0.6) is 0 Å². The van der Waals surface area contributed by atoms with E-state index in [2.05, 4.69) is 26.6 Å². The molecular formula is C17H19BrN2O. The van der Waals surface area contributed by atoms with Crippen LogP contribution in [0.4, 0.5) is 11.4 Å². The SMILES string of the molecule is CCNc1cc(C)ccc1C(=O)Nc1ccc(Br)cc1C. The molecule has 3 nitrogen and oxygen atoms in total. The molecule has 0 aromatic heterocycles. The topological polar surface area (TPSA) is 41.1 Å². The number of nitrogens with one attached hydrogen (secondary N) is 2. The summed E-state index contributed by atoms with van der Waals surface area (Å²) in [4.78, 5) is 12.5. The molecule has 0 atom stereocenters. The molecule has 0 saturated heterocycles. The van der Waals surface area contributed by atoms with Crippen LogP contribution in [0.3, 0.4) is 0 Å². The van der Waals surface area contributed by atoms with Crippen molar-refractivity contribution in [3.8, 4) is 0 Å². The van der Waals surface area contributed by atoms with Gasteiger partial charge in [0.1, 0.15) is 0 Å². The number of halogens is 1. The Bertz CT molecular complexity index is 668. The molecule has 2 N–H and O–H groups in total. The van der Waals surface area contributed by atoms with Gasteiger partial charge < -0.3 is 10.6 Å². The molecule has 0 bridgehead atoms. The van der Waals surface area contributed by atoms with Crippen LogP contribution in [0.1, 0.15) is 28.4 Å². The average molecular weight is 347 g/mol. The minimum absolute atomic E-state index is 0.101. The van der Waals surface area contributed by atoms with Crippen LogP contribution in [0.2, 0.25) is 0 Å². The third-order valence-electron chi connectivity index (χ3n) is 3.22. The highest BCUT2D eigenvalue weighted by molar-refractivity contribution is 9.10. The Labute approximate surface area is 133 Å². The number of carbonyl (C=O) groups is 1. The highest BCUT2D eigenvalue weighted by Crippen LogP contribution is 2.23. The normalized spacial score (nSPS) is 10.3. The van der Waals surface area contributed by atoms with Gasteiger partial charge >= 0.3 is 0 Å². The van der Waals surface area contributed by atoms with Gasteiger partial charge in [0.05, 0.1) is 5.56 Å². The molecule has 0 spiro atoms. The lowest BCUT2D eigenvalue weighted by Crippen LogP contribution is -2.15. The zero-order valence-corrected chi connectivity index (χ0v) is 14.0. The maximum atomic E-state index is 12.5. The van der Waals surface area contributed by atoms with Crippen LogP contribution >= 0.6 is 15.9 Å². The van der Waals surface area contributed by atoms with Crippen molar-refractivity contribution in [1.82, 2.24) is 0 Å². The van der Waals surface area contributed by atoms with Crippen LogP contribution in [-0.2, 0) is 0 Å². The van der Waals surface area contributed by atoms with E-state index in [0.29, 0.717) is 5.56 Å². The van der Waals surface area contributed by atoms with Crippen LogP contribution < -0.4 is 10.6 Å². The van der Waals surface area contributed by atoms with E-state index in [1.165, 1.54) is 0 Å². The molecule has 0 aliphatic rings. The predicted octanol–water partition coefficient (Wildman–Crippen LogP) is 4.75. The molecule has 1 amide bonds. The van der Waals surface area contributed by atoms with Gasteiger partial charge in [0.25, 0.3) is 5.91 Å². The smallest absolute Gasteiger partial charge is 0.257 e. The summed E-state index contributed by atoms with van der Waals surface area (Å²) in [5.41, 5.74) is 4.50. The third-order valence-corrected chi connectivity index (χ3v) is 3.72. The Morgan fingerprint density at radius 1 is 1.10 bits per heavy atom. The number of amides is 1. The Morgan fingerprint density at radius 3 is 2.52 bits per heavy atom. The number of carbonyl (C=O) groups excluding carboxylic acids is 1. The first-order valence-corrected chi connectivity index (χ1v) is 7.72. The molecule has 0 heterocycles. The standard InChI is InChI=1S/C17H19BrN2O/c1-4-19-16-9-11(2)5-7-14(16)17(21)20-15-8-6-13(18)10-12(15)3/h5-10,19H,4H2,1-3H3,(H,20,21). The number of benzene rings is 2. The summed E-state index contributed by atoms with van der Waals surface area (Å²) >= 11 is 3.42. The van der Waals surface area contributed by atoms with Crippen molar-refractivity contribution < 1.29 is 4.79 Å². The van der Waals surface area contributed by atoms with Gasteiger partial charge in [0.15, 0.2) is 0 Å². The molecule has 21 heavy (non-hydrogen) atoms. The van der Waals surface area contributed by atoms with Gasteiger partial charge in [-0.1, -0.05) is 22.0 Å². The van der Waals surface area contributed by atoms with Gasteiger partial charge in [-0.25, -0.2) is 0 Å². The van der Waals surface area contributed by atoms with Gasteiger partial charge in [0.2, 0.25) is 0 Å². The summed E-state index contributed by atoms with van der Waals surface area (Å²) in [6.07, 6.45) is 0. The molecule has 0 fully saturated rings. The molecular weight excluding hydrogens is 328 g/mol. The van der Waals surface area contributed by atoms with Crippen LogP contribution in [0, 0.1) is 13.8 Å². The molecule has 2 aromatic carbocycles. The van der Waals surface area contributed by atoms with Crippen molar-refractivity contribution in [1.29, 1.82) is 0 Å². The van der Waals surface area contributed by atoms with E-state index in [1.807, 2.05) is 57.2 Å². The zero-order valence-electron chi connectivity index (χ0n) is 12.5. The molecule has 0 saturated carbocycles. The van der Waals surface area contributed by atoms with Crippen LogP contribution in [0.15, 0.2) is 40.9 Å². The first-order chi connectivity index (χ1) is 10.0. The second-order valence-electron chi connectivity index (χ2n) is 4.99. The van der Waals surface area contributed by atoms with Gasteiger partial charge in [-0.3, -0.25) is 4.79 Å². The zero-order chi connectivity index (χ0) is 15.4. The fraction of sp³-hybridized carbons (Fsp3) is 0.235. The molecule has 110 valence electrons. The molecule has 2 aromatic rings. The van der Waals surface area contributed by atoms with Crippen molar-refractivity contribution in [2.24, 2.45) is 0 Å². The molecule has 0 radical (unpaired) electrons. The van der Waals surface area contributed by atoms with E-state index in [0.717, 1.165) is 33.5 Å². The van der Waals surface area contributed by atoms with Crippen LogP contribution in [-0.4, -0.2) is 12.5 Å². The van der Waals surface area contributed by atoms with Gasteiger partial charge in [-0.15, -0.1) is 0 Å². The lowest BCUT2D eigenvalue weighted by molar-refractivity contribution is 0.102. The Kier molecular flexibility index (Phi) is 5.02. The molecule has 0 aliphatic heterocycles. The maximum Gasteiger partial charge on any atom is 0.257 e. The largest absolute Gasteiger partial charge is 0.385 e. The predicted molar refractivity (Wildman–Crippen MR) is 92.2 cm³/mol. The highest BCUT2D eigenvalue weighted by atomic mass is 79.9. The number of hydrogen-bond acceptors (Lipinski definition) is 2. The fourth-order valence-corrected chi connectivity index (χ4v) is 2.63. The van der Waals surface area contributed by atoms with Crippen molar-refractivity contribution in [3.05, 3.63) is 57.6 Å². The van der Waals surface area contributed by atoms with E-state index in [9.17, 15) is 4.79 Å². The van der Waals surface area contributed by atoms with E-state index in [-0.39, 0.29) is 5.91 Å². The number of hydrogen-bond donors (Lipinski definition) is 2. The monoisotopic (exact) mass is 346 g/mol. The minimum Gasteiger partial charge on any atom is -0.385 e. The van der Waals surface area contributed by atoms with Crippen LogP contribution in [0.25, 0.3) is 0 Å². The summed E-state index contributed by atoms with van der Waals surface area (Å²) in [5, 5.41) is 6.21. The van der Waals surface area contributed by atoms with Gasteiger partial charge in [-0.05, 0) is 62.2 Å². The van der Waals surface area contributed by atoms with Crippen molar-refractivity contribution in [2.45, 2.75) is 20.8 Å². The van der Waals surface area contributed by atoms with Gasteiger partial charge in [-0.2, -0.15) is 0 Å². The fourth-order valence-electron chi connectivity index (χ4n) is 2.15. The molecule has 2 rings (SSSR count).